The van der Waals surface area contributed by atoms with Crippen LogP contribution in [0.25, 0.3) is 10.2 Å². The highest BCUT2D eigenvalue weighted by Crippen LogP contribution is 2.38. The highest BCUT2D eigenvalue weighted by molar-refractivity contribution is 9.10. The fourth-order valence-corrected chi connectivity index (χ4v) is 7.55. The number of aryl methyl sites for hydroxylation is 1. The Balaban J connectivity index is 1.41. The molecular weight excluding hydrogens is 586 g/mol. The molecule has 8 nitrogen and oxygen atoms in total. The molecule has 0 unspecified atom stereocenters. The maximum absolute atomic E-state index is 12.6. The number of hydrogen-bond donors (Lipinski definition) is 1. The van der Waals surface area contributed by atoms with Crippen LogP contribution < -0.4 is 10.1 Å². The van der Waals surface area contributed by atoms with Crippen molar-refractivity contribution < 1.29 is 23.9 Å². The first-order valence-corrected chi connectivity index (χ1v) is 14.9. The number of nitrogens with one attached hydrogen (secondary N) is 1. The number of thiophene rings is 1. The number of ether oxygens (including phenoxy) is 2. The van der Waals surface area contributed by atoms with Crippen molar-refractivity contribution in [1.29, 1.82) is 0 Å². The number of carbonyl (C=O) groups excluding carboxylic acids is 3. The van der Waals surface area contributed by atoms with Crippen molar-refractivity contribution in [2.24, 2.45) is 4.99 Å². The maximum Gasteiger partial charge on any atom is 0.341 e. The van der Waals surface area contributed by atoms with Gasteiger partial charge in [-0.05, 0) is 49.4 Å². The number of benzene rings is 1. The van der Waals surface area contributed by atoms with Crippen molar-refractivity contribution in [3.05, 3.63) is 43.5 Å². The lowest BCUT2D eigenvalue weighted by Gasteiger charge is -2.11. The number of thiazole rings is 1. The topological polar surface area (TPSA) is 99.0 Å². The number of rotatable bonds is 9. The number of thioether (sulfide) groups is 1. The molecule has 36 heavy (non-hydrogen) atoms. The van der Waals surface area contributed by atoms with Crippen LogP contribution in [-0.2, 0) is 38.4 Å². The number of esters is 1. The number of fused-ring (bicyclic) bond motifs is 2. The van der Waals surface area contributed by atoms with E-state index in [1.165, 1.54) is 41.5 Å². The molecule has 0 bridgehead atoms. The van der Waals surface area contributed by atoms with E-state index in [1.807, 2.05) is 22.8 Å². The van der Waals surface area contributed by atoms with Crippen LogP contribution in [0.1, 0.15) is 33.6 Å². The third kappa shape index (κ3) is 6.28. The fraction of sp³-hybridized carbons (Fsp3) is 0.417. The van der Waals surface area contributed by atoms with E-state index in [0.29, 0.717) is 28.5 Å². The van der Waals surface area contributed by atoms with E-state index in [-0.39, 0.29) is 23.3 Å². The standard InChI is InChI=1S/C24H26BrN3O5S3/c1-32-10-9-28-16-8-7-14(25)11-18(16)36-24(28)27-20(30)13-34-12-19(29)26-22-21(23(31)33-2)15-5-3-4-6-17(15)35-22/h7-8,11H,3-6,9-10,12-13H2,1-2H3,(H,26,29). The van der Waals surface area contributed by atoms with E-state index in [0.717, 1.165) is 50.8 Å². The Hall–Kier alpha value is -1.99. The summed E-state index contributed by atoms with van der Waals surface area (Å²) in [4.78, 5) is 43.6. The summed E-state index contributed by atoms with van der Waals surface area (Å²) >= 11 is 7.56. The number of hydrogen-bond acceptors (Lipinski definition) is 8. The predicted molar refractivity (Wildman–Crippen MR) is 148 cm³/mol. The average molecular weight is 613 g/mol. The van der Waals surface area contributed by atoms with Gasteiger partial charge in [0.05, 0.1) is 41.0 Å². The molecule has 0 saturated carbocycles. The first kappa shape index (κ1) is 27.1. The van der Waals surface area contributed by atoms with Gasteiger partial charge in [0.15, 0.2) is 4.80 Å². The van der Waals surface area contributed by atoms with Gasteiger partial charge >= 0.3 is 5.97 Å². The van der Waals surface area contributed by atoms with Crippen LogP contribution in [0, 0.1) is 0 Å². The Morgan fingerprint density at radius 1 is 1.17 bits per heavy atom. The first-order chi connectivity index (χ1) is 17.4. The monoisotopic (exact) mass is 611 g/mol. The summed E-state index contributed by atoms with van der Waals surface area (Å²) in [5.74, 6) is -0.859. The smallest absolute Gasteiger partial charge is 0.341 e. The molecule has 2 aromatic heterocycles. The molecule has 1 N–H and O–H groups in total. The van der Waals surface area contributed by atoms with Crippen molar-refractivity contribution in [2.75, 3.05) is 37.6 Å². The number of methoxy groups -OCH3 is 2. The van der Waals surface area contributed by atoms with Crippen LogP contribution in [0.15, 0.2) is 27.7 Å². The van der Waals surface area contributed by atoms with Gasteiger partial charge in [-0.3, -0.25) is 9.59 Å². The maximum atomic E-state index is 12.6. The van der Waals surface area contributed by atoms with Gasteiger partial charge in [-0.1, -0.05) is 27.3 Å². The quantitative estimate of drug-likeness (QED) is 0.354. The number of amides is 2. The van der Waals surface area contributed by atoms with E-state index in [1.54, 1.807) is 7.11 Å². The average Bonchev–Trinajstić information content (AvgIpc) is 3.38. The molecule has 0 aliphatic heterocycles. The van der Waals surface area contributed by atoms with Crippen molar-refractivity contribution in [3.8, 4) is 0 Å². The lowest BCUT2D eigenvalue weighted by molar-refractivity contribution is -0.115. The number of anilines is 1. The van der Waals surface area contributed by atoms with E-state index >= 15 is 0 Å². The van der Waals surface area contributed by atoms with Gasteiger partial charge in [0, 0.05) is 23.0 Å². The summed E-state index contributed by atoms with van der Waals surface area (Å²) < 4.78 is 14.1. The number of aromatic nitrogens is 1. The SMILES string of the molecule is COCCn1c(=NC(=O)CSCC(=O)Nc2sc3c(c2C(=O)OC)CCCC3)sc2cc(Br)ccc21. The summed E-state index contributed by atoms with van der Waals surface area (Å²) in [6, 6.07) is 5.93. The Kier molecular flexibility index (Phi) is 9.40. The molecule has 0 radical (unpaired) electrons. The number of nitrogens with zero attached hydrogens (tertiary/aromatic N) is 2. The van der Waals surface area contributed by atoms with Gasteiger partial charge in [-0.15, -0.1) is 23.1 Å². The van der Waals surface area contributed by atoms with Crippen molar-refractivity contribution in [2.45, 2.75) is 32.2 Å². The second kappa shape index (κ2) is 12.5. The highest BCUT2D eigenvalue weighted by Gasteiger charge is 2.26. The molecule has 0 saturated heterocycles. The zero-order valence-corrected chi connectivity index (χ0v) is 24.0. The van der Waals surface area contributed by atoms with Gasteiger partial charge in [0.25, 0.3) is 5.91 Å². The Bertz CT molecular complexity index is 1360. The highest BCUT2D eigenvalue weighted by atomic mass is 79.9. The molecular formula is C24H26BrN3O5S3. The molecule has 0 atom stereocenters. The zero-order valence-electron chi connectivity index (χ0n) is 19.9. The Morgan fingerprint density at radius 3 is 2.75 bits per heavy atom. The molecule has 0 spiro atoms. The predicted octanol–water partition coefficient (Wildman–Crippen LogP) is 4.64. The van der Waals surface area contributed by atoms with E-state index in [2.05, 4.69) is 26.2 Å². The largest absolute Gasteiger partial charge is 0.465 e. The van der Waals surface area contributed by atoms with Crippen LogP contribution in [0.3, 0.4) is 0 Å². The van der Waals surface area contributed by atoms with Gasteiger partial charge in [0.2, 0.25) is 5.91 Å². The summed E-state index contributed by atoms with van der Waals surface area (Å²) in [6.07, 6.45) is 3.82. The molecule has 4 rings (SSSR count). The van der Waals surface area contributed by atoms with Crippen LogP contribution in [0.4, 0.5) is 5.00 Å². The Labute approximate surface area is 229 Å². The van der Waals surface area contributed by atoms with Gasteiger partial charge in [0.1, 0.15) is 5.00 Å². The van der Waals surface area contributed by atoms with Crippen LogP contribution in [0.2, 0.25) is 0 Å². The van der Waals surface area contributed by atoms with Crippen LogP contribution in [0.5, 0.6) is 0 Å². The minimum absolute atomic E-state index is 0.0699. The molecule has 192 valence electrons. The molecule has 12 heteroatoms. The molecule has 0 fully saturated rings. The first-order valence-electron chi connectivity index (χ1n) is 11.4. The third-order valence-electron chi connectivity index (χ3n) is 5.66. The third-order valence-corrected chi connectivity index (χ3v) is 9.32. The normalized spacial score (nSPS) is 13.6. The second-order valence-electron chi connectivity index (χ2n) is 8.09. The lowest BCUT2D eigenvalue weighted by atomic mass is 9.95. The lowest BCUT2D eigenvalue weighted by Crippen LogP contribution is -2.20. The van der Waals surface area contributed by atoms with Crippen LogP contribution in [-0.4, -0.2) is 54.7 Å². The van der Waals surface area contributed by atoms with Crippen molar-refractivity contribution >= 4 is 83.4 Å². The van der Waals surface area contributed by atoms with E-state index < -0.39 is 5.97 Å². The summed E-state index contributed by atoms with van der Waals surface area (Å²) in [6.45, 7) is 1.07. The summed E-state index contributed by atoms with van der Waals surface area (Å²) in [5, 5.41) is 3.39. The second-order valence-corrected chi connectivity index (χ2v) is 12.1. The van der Waals surface area contributed by atoms with Crippen LogP contribution >= 0.6 is 50.4 Å². The number of carbonyl (C=O) groups is 3. The summed E-state index contributed by atoms with van der Waals surface area (Å²) in [7, 11) is 2.98. The molecule has 1 aliphatic carbocycles. The zero-order chi connectivity index (χ0) is 25.7. The Morgan fingerprint density at radius 2 is 1.97 bits per heavy atom. The van der Waals surface area contributed by atoms with E-state index in [4.69, 9.17) is 9.47 Å². The molecule has 1 aliphatic rings. The van der Waals surface area contributed by atoms with Gasteiger partial charge in [-0.25, -0.2) is 4.79 Å². The fourth-order valence-electron chi connectivity index (χ4n) is 4.04. The van der Waals surface area contributed by atoms with Gasteiger partial charge < -0.3 is 19.4 Å². The van der Waals surface area contributed by atoms with E-state index in [9.17, 15) is 14.4 Å². The number of halogens is 1. The minimum atomic E-state index is -0.427. The molecule has 2 heterocycles. The van der Waals surface area contributed by atoms with Crippen molar-refractivity contribution in [3.63, 3.8) is 0 Å². The minimum Gasteiger partial charge on any atom is -0.465 e. The molecule has 1 aromatic carbocycles. The van der Waals surface area contributed by atoms with Gasteiger partial charge in [-0.2, -0.15) is 4.99 Å². The molecule has 3 aromatic rings. The van der Waals surface area contributed by atoms with Crippen molar-refractivity contribution in [1.82, 2.24) is 4.57 Å². The molecule has 2 amide bonds. The summed E-state index contributed by atoms with van der Waals surface area (Å²) in [5.41, 5.74) is 2.45.